The summed E-state index contributed by atoms with van der Waals surface area (Å²) in [6, 6.07) is 18.3. The van der Waals surface area contributed by atoms with Gasteiger partial charge in [-0.3, -0.25) is 0 Å². The monoisotopic (exact) mass is 418 g/mol. The molecule has 168 valence electrons. The molecule has 1 heteroatoms. The van der Waals surface area contributed by atoms with Crippen LogP contribution in [0.15, 0.2) is 48.5 Å². The molecule has 4 rings (SSSR count). The Morgan fingerprint density at radius 2 is 1.23 bits per heavy atom. The van der Waals surface area contributed by atoms with Crippen LogP contribution in [0.1, 0.15) is 95.2 Å². The van der Waals surface area contributed by atoms with Crippen molar-refractivity contribution in [2.24, 2.45) is 22.7 Å². The van der Waals surface area contributed by atoms with Crippen molar-refractivity contribution in [3.63, 3.8) is 0 Å². The van der Waals surface area contributed by atoms with Crippen LogP contribution in [0.3, 0.4) is 0 Å². The summed E-state index contributed by atoms with van der Waals surface area (Å²) in [7, 11) is 1.75. The fraction of sp³-hybridized carbons (Fsp3) is 0.600. The van der Waals surface area contributed by atoms with E-state index in [2.05, 4.69) is 83.1 Å². The first-order valence-electron chi connectivity index (χ1n) is 12.5. The van der Waals surface area contributed by atoms with Gasteiger partial charge in [0.05, 0.1) is 7.11 Å². The van der Waals surface area contributed by atoms with Crippen molar-refractivity contribution in [3.05, 3.63) is 65.2 Å². The molecule has 0 N–H and O–H groups in total. The number of aryl methyl sites for hydroxylation is 1. The molecule has 0 aromatic heterocycles. The lowest BCUT2D eigenvalue weighted by atomic mass is 9.48. The quantitative estimate of drug-likeness (QED) is 0.418. The van der Waals surface area contributed by atoms with E-state index in [1.165, 1.54) is 43.2 Å². The maximum atomic E-state index is 5.36. The van der Waals surface area contributed by atoms with Crippen molar-refractivity contribution < 1.29 is 4.74 Å². The van der Waals surface area contributed by atoms with Crippen LogP contribution >= 0.6 is 0 Å². The van der Waals surface area contributed by atoms with E-state index in [0.29, 0.717) is 16.7 Å². The van der Waals surface area contributed by atoms with Crippen LogP contribution < -0.4 is 4.74 Å². The minimum atomic E-state index is 0.427. The highest BCUT2D eigenvalue weighted by Crippen LogP contribution is 2.62. The van der Waals surface area contributed by atoms with Gasteiger partial charge < -0.3 is 4.74 Å². The molecule has 0 aliphatic heterocycles. The Labute approximate surface area is 190 Å². The van der Waals surface area contributed by atoms with E-state index >= 15 is 0 Å². The van der Waals surface area contributed by atoms with E-state index in [4.69, 9.17) is 4.74 Å². The molecule has 0 radical (unpaired) electrons. The average Bonchev–Trinajstić information content (AvgIpc) is 2.80. The van der Waals surface area contributed by atoms with E-state index in [9.17, 15) is 0 Å². The maximum Gasteiger partial charge on any atom is 0.118 e. The van der Waals surface area contributed by atoms with Crippen LogP contribution in [-0.2, 0) is 6.42 Å². The van der Waals surface area contributed by atoms with Crippen LogP contribution in [0, 0.1) is 22.7 Å². The van der Waals surface area contributed by atoms with Gasteiger partial charge in [0.1, 0.15) is 5.75 Å². The highest BCUT2D eigenvalue weighted by atomic mass is 16.5. The highest BCUT2D eigenvalue weighted by molar-refractivity contribution is 5.33. The summed E-state index contributed by atoms with van der Waals surface area (Å²) in [5.41, 5.74) is 5.40. The van der Waals surface area contributed by atoms with Crippen LogP contribution in [0.25, 0.3) is 0 Å². The molecule has 0 amide bonds. The molecule has 2 aromatic carbocycles. The van der Waals surface area contributed by atoms with Crippen molar-refractivity contribution in [3.8, 4) is 5.75 Å². The molecule has 6 unspecified atom stereocenters. The van der Waals surface area contributed by atoms with E-state index in [1.807, 2.05) is 0 Å². The lowest BCUT2D eigenvalue weighted by Gasteiger charge is -2.56. The predicted molar refractivity (Wildman–Crippen MR) is 132 cm³/mol. The van der Waals surface area contributed by atoms with Crippen LogP contribution in [0.2, 0.25) is 0 Å². The molecule has 0 bridgehead atoms. The average molecular weight is 419 g/mol. The Morgan fingerprint density at radius 1 is 0.774 bits per heavy atom. The molecular weight excluding hydrogens is 376 g/mol. The number of ether oxygens (including phenoxy) is 1. The molecule has 6 atom stereocenters. The minimum Gasteiger partial charge on any atom is -0.497 e. The van der Waals surface area contributed by atoms with E-state index < -0.39 is 0 Å². The molecule has 0 spiro atoms. The van der Waals surface area contributed by atoms with Crippen LogP contribution in [0.4, 0.5) is 0 Å². The maximum absolute atomic E-state index is 5.36. The van der Waals surface area contributed by atoms with Gasteiger partial charge in [-0.2, -0.15) is 0 Å². The largest absolute Gasteiger partial charge is 0.497 e. The second-order valence-corrected chi connectivity index (χ2v) is 11.1. The number of methoxy groups -OCH3 is 1. The fourth-order valence-corrected chi connectivity index (χ4v) is 6.70. The second-order valence-electron chi connectivity index (χ2n) is 11.1. The normalized spacial score (nSPS) is 34.6. The third kappa shape index (κ3) is 3.94. The third-order valence-corrected chi connectivity index (χ3v) is 9.76. The number of rotatable bonds is 8. The first kappa shape index (κ1) is 22.4. The number of benzene rings is 2. The van der Waals surface area contributed by atoms with Crippen molar-refractivity contribution >= 4 is 0 Å². The first-order chi connectivity index (χ1) is 14.8. The lowest BCUT2D eigenvalue weighted by molar-refractivity contribution is -0.0126. The Balaban J connectivity index is 1.40. The van der Waals surface area contributed by atoms with Crippen molar-refractivity contribution in [2.45, 2.75) is 85.0 Å². The molecule has 2 saturated carbocycles. The molecule has 2 aromatic rings. The topological polar surface area (TPSA) is 9.23 Å². The fourth-order valence-electron chi connectivity index (χ4n) is 6.70. The summed E-state index contributed by atoms with van der Waals surface area (Å²) in [5.74, 6) is 4.02. The third-order valence-electron chi connectivity index (χ3n) is 9.76. The zero-order valence-electron chi connectivity index (χ0n) is 20.6. The first-order valence-corrected chi connectivity index (χ1v) is 12.5. The van der Waals surface area contributed by atoms with Gasteiger partial charge in [0.25, 0.3) is 0 Å². The second kappa shape index (κ2) is 8.64. The van der Waals surface area contributed by atoms with Crippen LogP contribution in [0.5, 0.6) is 5.75 Å². The Morgan fingerprint density at radius 3 is 1.61 bits per heavy atom. The van der Waals surface area contributed by atoms with Crippen molar-refractivity contribution in [1.29, 1.82) is 0 Å². The van der Waals surface area contributed by atoms with Gasteiger partial charge in [-0.1, -0.05) is 77.4 Å². The number of hydrogen-bond acceptors (Lipinski definition) is 1. The van der Waals surface area contributed by atoms with Crippen molar-refractivity contribution in [1.82, 2.24) is 0 Å². The molecule has 0 saturated heterocycles. The minimum absolute atomic E-state index is 0.427. The van der Waals surface area contributed by atoms with Crippen molar-refractivity contribution in [2.75, 3.05) is 7.11 Å². The summed E-state index contributed by atoms with van der Waals surface area (Å²) in [5, 5.41) is 0. The van der Waals surface area contributed by atoms with Gasteiger partial charge in [-0.15, -0.1) is 0 Å². The summed E-state index contributed by atoms with van der Waals surface area (Å²) in [6.45, 7) is 12.3. The molecule has 0 heterocycles. The van der Waals surface area contributed by atoms with Gasteiger partial charge in [0.15, 0.2) is 0 Å². The van der Waals surface area contributed by atoms with E-state index in [0.717, 1.165) is 29.9 Å². The lowest BCUT2D eigenvalue weighted by Crippen LogP contribution is -2.46. The van der Waals surface area contributed by atoms with Crippen LogP contribution in [-0.4, -0.2) is 7.11 Å². The molecule has 2 aliphatic rings. The Kier molecular flexibility index (Phi) is 6.25. The van der Waals surface area contributed by atoms with Gasteiger partial charge in [0, 0.05) is 0 Å². The van der Waals surface area contributed by atoms with E-state index in [-0.39, 0.29) is 0 Å². The summed E-state index contributed by atoms with van der Waals surface area (Å²) in [4.78, 5) is 0. The standard InChI is InChI=1S/C30H42O/c1-7-23-9-11-24(12-10-23)27-19-21(2)29(27,4)17-8-18-30(5)22(3)20-28(30)25-13-15-26(31-6)16-14-25/h9-16,21-22,27-28H,7-8,17-20H2,1-6H3. The summed E-state index contributed by atoms with van der Waals surface area (Å²) in [6.07, 6.45) is 7.84. The SMILES string of the molecule is CCc1ccc(C2CC(C)C2(C)CCCC2(C)C(C)CC2c2ccc(OC)cc2)cc1. The van der Waals surface area contributed by atoms with Gasteiger partial charge >= 0.3 is 0 Å². The Bertz CT molecular complexity index is 793. The summed E-state index contributed by atoms with van der Waals surface area (Å²) < 4.78 is 5.36. The smallest absolute Gasteiger partial charge is 0.118 e. The zero-order valence-corrected chi connectivity index (χ0v) is 20.6. The predicted octanol–water partition coefficient (Wildman–Crippen LogP) is 8.39. The Hall–Kier alpha value is -1.76. The molecule has 2 aliphatic carbocycles. The van der Waals surface area contributed by atoms with Gasteiger partial charge in [-0.25, -0.2) is 0 Å². The summed E-state index contributed by atoms with van der Waals surface area (Å²) >= 11 is 0. The molecule has 2 fully saturated rings. The zero-order chi connectivity index (χ0) is 22.2. The highest BCUT2D eigenvalue weighted by Gasteiger charge is 2.51. The molecule has 1 nitrogen and oxygen atoms in total. The van der Waals surface area contributed by atoms with E-state index in [1.54, 1.807) is 12.7 Å². The molecule has 31 heavy (non-hydrogen) atoms. The molecular formula is C30H42O. The van der Waals surface area contributed by atoms with Gasteiger partial charge in [0.2, 0.25) is 0 Å². The van der Waals surface area contributed by atoms with Gasteiger partial charge in [-0.05, 0) is 95.4 Å². The number of hydrogen-bond donors (Lipinski definition) is 0.